The van der Waals surface area contributed by atoms with Crippen LogP contribution in [-0.4, -0.2) is 45.8 Å². The molecular weight excluding hydrogens is 422 g/mol. The molecule has 0 spiro atoms. The largest absolute Gasteiger partial charge is 0.485 e. The standard InChI is InChI=1S/C16H20BrN5O3S/c17-11-3-1-4-12(7-11)25-9-14-20-21-16(22(14)18)26-10-15(23)19-8-13-5-2-6-24-13/h1,3-4,7,13H,2,5-6,8-10,18H2,(H,19,23). The lowest BCUT2D eigenvalue weighted by Crippen LogP contribution is -2.33. The number of nitrogens with zero attached hydrogens (tertiary/aromatic N) is 3. The van der Waals surface area contributed by atoms with Crippen LogP contribution in [0.4, 0.5) is 0 Å². The van der Waals surface area contributed by atoms with Gasteiger partial charge in [0.2, 0.25) is 11.1 Å². The maximum absolute atomic E-state index is 11.9. The first kappa shape index (κ1) is 19.0. The normalized spacial score (nSPS) is 16.6. The summed E-state index contributed by atoms with van der Waals surface area (Å²) in [4.78, 5) is 11.9. The molecule has 3 rings (SSSR count). The summed E-state index contributed by atoms with van der Waals surface area (Å²) in [5, 5.41) is 11.4. The highest BCUT2D eigenvalue weighted by atomic mass is 79.9. The molecule has 1 aromatic carbocycles. The van der Waals surface area contributed by atoms with Crippen molar-refractivity contribution in [1.82, 2.24) is 20.2 Å². The number of nitrogen functional groups attached to an aromatic ring is 1. The van der Waals surface area contributed by atoms with Crippen LogP contribution < -0.4 is 15.9 Å². The fourth-order valence-electron chi connectivity index (χ4n) is 2.42. The molecule has 2 aromatic rings. The second-order valence-electron chi connectivity index (χ2n) is 5.74. The Morgan fingerprint density at radius 2 is 2.38 bits per heavy atom. The van der Waals surface area contributed by atoms with E-state index < -0.39 is 0 Å². The van der Waals surface area contributed by atoms with Crippen LogP contribution >= 0.6 is 27.7 Å². The van der Waals surface area contributed by atoms with Crippen molar-refractivity contribution in [3.63, 3.8) is 0 Å². The van der Waals surface area contributed by atoms with Crippen molar-refractivity contribution in [3.05, 3.63) is 34.6 Å². The average molecular weight is 442 g/mol. The molecule has 1 aromatic heterocycles. The Hall–Kier alpha value is -1.78. The number of aromatic nitrogens is 3. The molecule has 1 unspecified atom stereocenters. The van der Waals surface area contributed by atoms with E-state index in [2.05, 4.69) is 31.4 Å². The third-order valence-electron chi connectivity index (χ3n) is 3.78. The van der Waals surface area contributed by atoms with Gasteiger partial charge in [0, 0.05) is 17.6 Å². The molecule has 1 amide bonds. The van der Waals surface area contributed by atoms with Crippen molar-refractivity contribution in [3.8, 4) is 5.75 Å². The van der Waals surface area contributed by atoms with E-state index in [0.29, 0.717) is 23.3 Å². The molecule has 0 aliphatic carbocycles. The molecule has 8 nitrogen and oxygen atoms in total. The molecule has 0 bridgehead atoms. The maximum Gasteiger partial charge on any atom is 0.230 e. The number of rotatable bonds is 8. The number of nitrogens with one attached hydrogen (secondary N) is 1. The quantitative estimate of drug-likeness (QED) is 0.474. The number of nitrogens with two attached hydrogens (primary N) is 1. The van der Waals surface area contributed by atoms with Crippen LogP contribution in [0.3, 0.4) is 0 Å². The number of thioether (sulfide) groups is 1. The van der Waals surface area contributed by atoms with Crippen molar-refractivity contribution in [2.24, 2.45) is 0 Å². The number of hydrogen-bond acceptors (Lipinski definition) is 7. The average Bonchev–Trinajstić information content (AvgIpc) is 3.27. The molecule has 10 heteroatoms. The molecule has 1 aliphatic rings. The smallest absolute Gasteiger partial charge is 0.230 e. The van der Waals surface area contributed by atoms with Gasteiger partial charge in [0.15, 0.2) is 5.82 Å². The van der Waals surface area contributed by atoms with Gasteiger partial charge in [-0.15, -0.1) is 10.2 Å². The van der Waals surface area contributed by atoms with Crippen molar-refractivity contribution < 1.29 is 14.3 Å². The fraction of sp³-hybridized carbons (Fsp3) is 0.438. The van der Waals surface area contributed by atoms with E-state index in [1.165, 1.54) is 16.4 Å². The Morgan fingerprint density at radius 1 is 1.50 bits per heavy atom. The van der Waals surface area contributed by atoms with Gasteiger partial charge < -0.3 is 20.6 Å². The van der Waals surface area contributed by atoms with E-state index >= 15 is 0 Å². The van der Waals surface area contributed by atoms with Gasteiger partial charge in [0.25, 0.3) is 0 Å². The van der Waals surface area contributed by atoms with Crippen LogP contribution in [0.25, 0.3) is 0 Å². The first-order valence-corrected chi connectivity index (χ1v) is 9.98. The number of hydrogen-bond donors (Lipinski definition) is 2. The molecule has 2 heterocycles. The number of carbonyl (C=O) groups is 1. The second kappa shape index (κ2) is 9.24. The Kier molecular flexibility index (Phi) is 6.75. The van der Waals surface area contributed by atoms with Gasteiger partial charge in [-0.05, 0) is 31.0 Å². The summed E-state index contributed by atoms with van der Waals surface area (Å²) >= 11 is 4.62. The first-order chi connectivity index (χ1) is 12.6. The Labute approximate surface area is 163 Å². The van der Waals surface area contributed by atoms with Gasteiger partial charge in [-0.1, -0.05) is 33.8 Å². The topological polar surface area (TPSA) is 104 Å². The predicted octanol–water partition coefficient (Wildman–Crippen LogP) is 1.72. The summed E-state index contributed by atoms with van der Waals surface area (Å²) in [6.07, 6.45) is 2.17. The molecule has 3 N–H and O–H groups in total. The summed E-state index contributed by atoms with van der Waals surface area (Å²) in [7, 11) is 0. The molecule has 1 saturated heterocycles. The van der Waals surface area contributed by atoms with Gasteiger partial charge in [-0.3, -0.25) is 4.79 Å². The lowest BCUT2D eigenvalue weighted by Gasteiger charge is -2.10. The maximum atomic E-state index is 11.9. The zero-order valence-electron chi connectivity index (χ0n) is 14.1. The predicted molar refractivity (Wildman–Crippen MR) is 101 cm³/mol. The molecule has 1 fully saturated rings. The van der Waals surface area contributed by atoms with E-state index in [4.69, 9.17) is 15.3 Å². The summed E-state index contributed by atoms with van der Waals surface area (Å²) in [5.41, 5.74) is 0. The van der Waals surface area contributed by atoms with E-state index in [9.17, 15) is 4.79 Å². The van der Waals surface area contributed by atoms with Gasteiger partial charge in [-0.25, -0.2) is 4.68 Å². The van der Waals surface area contributed by atoms with Gasteiger partial charge in [-0.2, -0.15) is 0 Å². The van der Waals surface area contributed by atoms with Crippen LogP contribution in [0.1, 0.15) is 18.7 Å². The van der Waals surface area contributed by atoms with Crippen molar-refractivity contribution in [1.29, 1.82) is 0 Å². The highest BCUT2D eigenvalue weighted by Gasteiger charge is 2.17. The highest BCUT2D eigenvalue weighted by Crippen LogP contribution is 2.19. The third kappa shape index (κ3) is 5.36. The Balaban J connectivity index is 1.45. The molecule has 140 valence electrons. The number of halogens is 1. The van der Waals surface area contributed by atoms with Crippen LogP contribution in [0.15, 0.2) is 33.9 Å². The van der Waals surface area contributed by atoms with E-state index in [1.807, 2.05) is 24.3 Å². The summed E-state index contributed by atoms with van der Waals surface area (Å²) < 4.78 is 13.4. The summed E-state index contributed by atoms with van der Waals surface area (Å²) in [6.45, 7) is 1.50. The summed E-state index contributed by atoms with van der Waals surface area (Å²) in [6, 6.07) is 7.49. The van der Waals surface area contributed by atoms with Gasteiger partial charge in [0.1, 0.15) is 12.4 Å². The Bertz CT molecular complexity index is 751. The molecule has 0 saturated carbocycles. The van der Waals surface area contributed by atoms with Crippen LogP contribution in [0.5, 0.6) is 5.75 Å². The molecule has 0 radical (unpaired) electrons. The minimum atomic E-state index is -0.0829. The number of amides is 1. The van der Waals surface area contributed by atoms with Crippen molar-refractivity contribution in [2.45, 2.75) is 30.7 Å². The minimum Gasteiger partial charge on any atom is -0.485 e. The lowest BCUT2D eigenvalue weighted by molar-refractivity contribution is -0.119. The van der Waals surface area contributed by atoms with E-state index in [1.54, 1.807) is 0 Å². The van der Waals surface area contributed by atoms with Crippen LogP contribution in [0, 0.1) is 0 Å². The zero-order chi connectivity index (χ0) is 18.4. The van der Waals surface area contributed by atoms with Crippen LogP contribution in [-0.2, 0) is 16.1 Å². The highest BCUT2D eigenvalue weighted by molar-refractivity contribution is 9.10. The minimum absolute atomic E-state index is 0.0829. The number of carbonyl (C=O) groups excluding carboxylic acids is 1. The SMILES string of the molecule is Nn1c(COc2cccc(Br)c2)nnc1SCC(=O)NCC1CCCO1. The zero-order valence-corrected chi connectivity index (χ0v) is 16.5. The Morgan fingerprint density at radius 3 is 3.15 bits per heavy atom. The molecular formula is C16H20BrN5O3S. The van der Waals surface area contributed by atoms with Crippen LogP contribution in [0.2, 0.25) is 0 Å². The third-order valence-corrected chi connectivity index (χ3v) is 5.22. The van der Waals surface area contributed by atoms with Gasteiger partial charge in [0.05, 0.1) is 11.9 Å². The first-order valence-electron chi connectivity index (χ1n) is 8.20. The molecule has 1 atom stereocenters. The number of ether oxygens (including phenoxy) is 2. The van der Waals surface area contributed by atoms with Gasteiger partial charge >= 0.3 is 0 Å². The molecule has 1 aliphatic heterocycles. The summed E-state index contributed by atoms with van der Waals surface area (Å²) in [5.74, 6) is 7.30. The monoisotopic (exact) mass is 441 g/mol. The fourth-order valence-corrected chi connectivity index (χ4v) is 3.51. The second-order valence-corrected chi connectivity index (χ2v) is 7.60. The van der Waals surface area contributed by atoms with Crippen molar-refractivity contribution in [2.75, 3.05) is 24.7 Å². The molecule has 26 heavy (non-hydrogen) atoms. The van der Waals surface area contributed by atoms with E-state index in [-0.39, 0.29) is 24.4 Å². The number of benzene rings is 1. The van der Waals surface area contributed by atoms with Crippen molar-refractivity contribution >= 4 is 33.6 Å². The van der Waals surface area contributed by atoms with E-state index in [0.717, 1.165) is 23.9 Å². The lowest BCUT2D eigenvalue weighted by atomic mass is 10.2.